The van der Waals surface area contributed by atoms with E-state index in [1.807, 2.05) is 42.2 Å². The van der Waals surface area contributed by atoms with E-state index < -0.39 is 21.6 Å². The molecule has 28 heavy (non-hydrogen) atoms. The summed E-state index contributed by atoms with van der Waals surface area (Å²) in [6.07, 6.45) is 2.11. The van der Waals surface area contributed by atoms with Crippen LogP contribution < -0.4 is 5.32 Å². The van der Waals surface area contributed by atoms with E-state index in [0.29, 0.717) is 32.6 Å². The molecule has 0 bridgehead atoms. The van der Waals surface area contributed by atoms with Gasteiger partial charge in [-0.05, 0) is 25.0 Å². The van der Waals surface area contributed by atoms with Crippen molar-refractivity contribution in [2.75, 3.05) is 32.8 Å². The molecule has 152 valence electrons. The lowest BCUT2D eigenvalue weighted by Gasteiger charge is -2.34. The van der Waals surface area contributed by atoms with E-state index in [1.54, 1.807) is 13.0 Å². The van der Waals surface area contributed by atoms with Crippen LogP contribution in [0, 0.1) is 0 Å². The Morgan fingerprint density at radius 1 is 1.11 bits per heavy atom. The highest BCUT2D eigenvalue weighted by molar-refractivity contribution is 7.92. The number of hydrogen-bond donors (Lipinski definition) is 1. The lowest BCUT2D eigenvalue weighted by molar-refractivity contribution is -0.132. The molecule has 3 amide bonds. The fourth-order valence-corrected chi connectivity index (χ4v) is 4.43. The van der Waals surface area contributed by atoms with E-state index in [2.05, 4.69) is 5.32 Å². The predicted molar refractivity (Wildman–Crippen MR) is 106 cm³/mol. The van der Waals surface area contributed by atoms with Crippen molar-refractivity contribution < 1.29 is 18.0 Å². The molecule has 2 aliphatic heterocycles. The van der Waals surface area contributed by atoms with Gasteiger partial charge in [0.15, 0.2) is 0 Å². The summed E-state index contributed by atoms with van der Waals surface area (Å²) in [5.74, 6) is -0.235. The van der Waals surface area contributed by atoms with Crippen molar-refractivity contribution in [1.29, 1.82) is 0 Å². The topological polar surface area (TPSA) is 90.0 Å². The number of nitrogens with zero attached hydrogens (tertiary/aromatic N) is 3. The van der Waals surface area contributed by atoms with Gasteiger partial charge >= 0.3 is 6.03 Å². The average molecular weight is 407 g/mol. The molecule has 1 atom stereocenters. The van der Waals surface area contributed by atoms with Crippen LogP contribution >= 0.6 is 0 Å². The number of sulfonamides is 1. The second-order valence-corrected chi connectivity index (χ2v) is 9.08. The van der Waals surface area contributed by atoms with Gasteiger partial charge in [-0.25, -0.2) is 18.1 Å². The number of amides is 3. The Labute approximate surface area is 165 Å². The summed E-state index contributed by atoms with van der Waals surface area (Å²) >= 11 is 0. The Hall–Kier alpha value is -2.23. The van der Waals surface area contributed by atoms with Gasteiger partial charge in [-0.15, -0.1) is 0 Å². The Morgan fingerprint density at radius 3 is 2.32 bits per heavy atom. The first kappa shape index (κ1) is 20.5. The minimum atomic E-state index is -3.51. The Kier molecular flexibility index (Phi) is 5.87. The molecule has 2 fully saturated rings. The summed E-state index contributed by atoms with van der Waals surface area (Å²) in [7, 11) is -3.51. The van der Waals surface area contributed by atoms with Crippen LogP contribution in [-0.4, -0.2) is 72.8 Å². The third-order valence-corrected chi connectivity index (χ3v) is 6.88. The first-order chi connectivity index (χ1) is 13.2. The number of hydrogen-bond acceptors (Lipinski definition) is 5. The van der Waals surface area contributed by atoms with Crippen LogP contribution in [0.4, 0.5) is 4.79 Å². The van der Waals surface area contributed by atoms with Gasteiger partial charge in [0, 0.05) is 31.6 Å². The van der Waals surface area contributed by atoms with Crippen LogP contribution in [0.5, 0.6) is 0 Å². The monoisotopic (exact) mass is 406 g/mol. The molecule has 0 radical (unpaired) electrons. The maximum atomic E-state index is 12.5. The minimum Gasteiger partial charge on any atom is -0.323 e. The molecule has 9 heteroatoms. The maximum absolute atomic E-state index is 12.5. The molecule has 2 aliphatic rings. The lowest BCUT2D eigenvalue weighted by atomic mass is 10.00. The van der Waals surface area contributed by atoms with E-state index in [9.17, 15) is 18.0 Å². The van der Waals surface area contributed by atoms with Crippen molar-refractivity contribution in [3.8, 4) is 0 Å². The molecular weight excluding hydrogens is 380 g/mol. The van der Waals surface area contributed by atoms with Crippen LogP contribution in [0.15, 0.2) is 35.7 Å². The zero-order chi connectivity index (χ0) is 20.4. The van der Waals surface area contributed by atoms with Gasteiger partial charge in [-0.2, -0.15) is 4.31 Å². The number of carbonyl (C=O) groups excluding carboxylic acids is 2. The fourth-order valence-electron chi connectivity index (χ4n) is 3.26. The van der Waals surface area contributed by atoms with E-state index in [1.165, 1.54) is 14.6 Å². The molecule has 0 aromatic heterocycles. The number of nitrogens with one attached hydrogen (secondary N) is 1. The fraction of sp³-hybridized carbons (Fsp3) is 0.474. The molecule has 2 heterocycles. The zero-order valence-corrected chi connectivity index (χ0v) is 17.0. The molecule has 3 rings (SSSR count). The molecule has 1 N–H and O–H groups in total. The van der Waals surface area contributed by atoms with E-state index >= 15 is 0 Å². The van der Waals surface area contributed by atoms with Crippen LogP contribution in [0.3, 0.4) is 0 Å². The van der Waals surface area contributed by atoms with Gasteiger partial charge in [0.05, 0.1) is 6.67 Å². The smallest absolute Gasteiger partial charge is 0.323 e. The summed E-state index contributed by atoms with van der Waals surface area (Å²) in [4.78, 5) is 27.7. The molecule has 2 saturated heterocycles. The first-order valence-electron chi connectivity index (χ1n) is 9.35. The van der Waals surface area contributed by atoms with Crippen LogP contribution in [-0.2, 0) is 14.8 Å². The van der Waals surface area contributed by atoms with E-state index in [-0.39, 0.29) is 12.6 Å². The second-order valence-electron chi connectivity index (χ2n) is 7.27. The number of benzene rings is 1. The van der Waals surface area contributed by atoms with Crippen LogP contribution in [0.2, 0.25) is 0 Å². The minimum absolute atomic E-state index is 0.175. The summed E-state index contributed by atoms with van der Waals surface area (Å²) in [5.41, 5.74) is -0.0351. The van der Waals surface area contributed by atoms with Crippen molar-refractivity contribution in [3.63, 3.8) is 0 Å². The maximum Gasteiger partial charge on any atom is 0.326 e. The number of piperazine rings is 1. The van der Waals surface area contributed by atoms with Gasteiger partial charge < -0.3 is 5.32 Å². The van der Waals surface area contributed by atoms with Crippen LogP contribution in [0.25, 0.3) is 6.08 Å². The average Bonchev–Trinajstić information content (AvgIpc) is 2.91. The molecule has 0 aliphatic carbocycles. The van der Waals surface area contributed by atoms with Gasteiger partial charge in [0.25, 0.3) is 5.91 Å². The van der Waals surface area contributed by atoms with Gasteiger partial charge in [-0.1, -0.05) is 37.3 Å². The summed E-state index contributed by atoms with van der Waals surface area (Å²) in [6, 6.07) is 8.86. The van der Waals surface area contributed by atoms with Crippen LogP contribution in [0.1, 0.15) is 25.8 Å². The van der Waals surface area contributed by atoms with E-state index in [4.69, 9.17) is 0 Å². The molecule has 1 unspecified atom stereocenters. The Bertz CT molecular complexity index is 863. The Morgan fingerprint density at radius 2 is 1.75 bits per heavy atom. The SMILES string of the molecule is CCC1(C)NC(=O)N(CN2CCN(S(=O)(=O)C=Cc3ccccc3)CC2)C1=O. The number of rotatable bonds is 6. The third-order valence-electron chi connectivity index (χ3n) is 5.32. The second kappa shape index (κ2) is 8.02. The van der Waals surface area contributed by atoms with Gasteiger partial charge in [-0.3, -0.25) is 9.69 Å². The normalized spacial score (nSPS) is 24.9. The number of imide groups is 1. The Balaban J connectivity index is 1.56. The molecule has 1 aromatic carbocycles. The third kappa shape index (κ3) is 4.26. The molecular formula is C19H26N4O4S. The summed E-state index contributed by atoms with van der Waals surface area (Å²) in [6.45, 7) is 5.29. The molecule has 0 saturated carbocycles. The highest BCUT2D eigenvalue weighted by Crippen LogP contribution is 2.21. The number of carbonyl (C=O) groups is 2. The molecule has 0 spiro atoms. The zero-order valence-electron chi connectivity index (χ0n) is 16.2. The lowest BCUT2D eigenvalue weighted by Crippen LogP contribution is -2.52. The molecule has 1 aromatic rings. The highest BCUT2D eigenvalue weighted by Gasteiger charge is 2.47. The predicted octanol–water partition coefficient (Wildman–Crippen LogP) is 1.28. The molecule has 8 nitrogen and oxygen atoms in total. The quantitative estimate of drug-likeness (QED) is 0.719. The van der Waals surface area contributed by atoms with Crippen molar-refractivity contribution in [2.45, 2.75) is 25.8 Å². The van der Waals surface area contributed by atoms with Crippen molar-refractivity contribution in [3.05, 3.63) is 41.3 Å². The largest absolute Gasteiger partial charge is 0.326 e. The van der Waals surface area contributed by atoms with Gasteiger partial charge in [0.2, 0.25) is 10.0 Å². The standard InChI is InChI=1S/C19H26N4O4S/c1-3-19(2)17(24)23(18(25)20-19)15-21-10-12-22(13-11-21)28(26,27)14-9-16-7-5-4-6-8-16/h4-9,14H,3,10-13,15H2,1-2H3,(H,20,25). The summed E-state index contributed by atoms with van der Waals surface area (Å²) in [5, 5.41) is 3.95. The first-order valence-corrected chi connectivity index (χ1v) is 10.9. The summed E-state index contributed by atoms with van der Waals surface area (Å²) < 4.78 is 26.5. The highest BCUT2D eigenvalue weighted by atomic mass is 32.2. The number of urea groups is 1. The van der Waals surface area contributed by atoms with Crippen molar-refractivity contribution >= 4 is 28.0 Å². The van der Waals surface area contributed by atoms with Crippen molar-refractivity contribution in [1.82, 2.24) is 19.4 Å². The van der Waals surface area contributed by atoms with E-state index in [0.717, 1.165) is 5.56 Å². The van der Waals surface area contributed by atoms with Gasteiger partial charge in [0.1, 0.15) is 5.54 Å². The van der Waals surface area contributed by atoms with Crippen molar-refractivity contribution in [2.24, 2.45) is 0 Å².